The zero-order valence-corrected chi connectivity index (χ0v) is 14.8. The summed E-state index contributed by atoms with van der Waals surface area (Å²) in [6.45, 7) is 2.34. The Morgan fingerprint density at radius 2 is 1.23 bits per heavy atom. The fourth-order valence-corrected chi connectivity index (χ4v) is 6.07. The van der Waals surface area contributed by atoms with Crippen molar-refractivity contribution in [1.29, 1.82) is 0 Å². The van der Waals surface area contributed by atoms with Crippen molar-refractivity contribution in [2.24, 2.45) is 29.6 Å². The fourth-order valence-electron chi connectivity index (χ4n) is 6.07. The molecule has 3 aliphatic rings. The molecule has 3 fully saturated rings. The number of aliphatic hydroxyl groups excluding tert-OH is 1. The lowest BCUT2D eigenvalue weighted by Crippen LogP contribution is -2.31. The first kappa shape index (κ1) is 16.8. The van der Waals surface area contributed by atoms with Crippen molar-refractivity contribution >= 4 is 0 Å². The molecule has 128 valence electrons. The van der Waals surface area contributed by atoms with E-state index in [0.29, 0.717) is 0 Å². The maximum Gasteiger partial charge on any atom is 0.0543 e. The smallest absolute Gasteiger partial charge is 0.0543 e. The van der Waals surface area contributed by atoms with E-state index in [1.807, 2.05) is 0 Å². The Kier molecular flexibility index (Phi) is 6.24. The van der Waals surface area contributed by atoms with E-state index < -0.39 is 0 Å². The van der Waals surface area contributed by atoms with Crippen LogP contribution in [-0.4, -0.2) is 11.2 Å². The largest absolute Gasteiger partial charge is 0.393 e. The molecule has 0 aromatic heterocycles. The SMILES string of the molecule is CCC[C@H]1CC[C@H](C2CCC([C@H]3CCC[C@@H](O)C3)CC2)CC1. The Morgan fingerprint density at radius 1 is 0.682 bits per heavy atom. The van der Waals surface area contributed by atoms with E-state index in [4.69, 9.17) is 0 Å². The van der Waals surface area contributed by atoms with Gasteiger partial charge in [0.2, 0.25) is 0 Å². The lowest BCUT2D eigenvalue weighted by molar-refractivity contribution is 0.0554. The van der Waals surface area contributed by atoms with Gasteiger partial charge in [0.1, 0.15) is 0 Å². The van der Waals surface area contributed by atoms with Crippen LogP contribution in [0.25, 0.3) is 0 Å². The van der Waals surface area contributed by atoms with Gasteiger partial charge in [0, 0.05) is 0 Å². The van der Waals surface area contributed by atoms with Gasteiger partial charge in [-0.3, -0.25) is 0 Å². The molecule has 0 radical (unpaired) electrons. The molecule has 3 rings (SSSR count). The van der Waals surface area contributed by atoms with Crippen LogP contribution < -0.4 is 0 Å². The highest BCUT2D eigenvalue weighted by molar-refractivity contribution is 4.86. The van der Waals surface area contributed by atoms with E-state index >= 15 is 0 Å². The van der Waals surface area contributed by atoms with Crippen LogP contribution in [0.3, 0.4) is 0 Å². The molecule has 22 heavy (non-hydrogen) atoms. The van der Waals surface area contributed by atoms with E-state index in [0.717, 1.165) is 42.4 Å². The van der Waals surface area contributed by atoms with Crippen LogP contribution in [0.5, 0.6) is 0 Å². The lowest BCUT2D eigenvalue weighted by atomic mass is 9.65. The normalized spacial score (nSPS) is 43.9. The summed E-state index contributed by atoms with van der Waals surface area (Å²) in [4.78, 5) is 0. The lowest BCUT2D eigenvalue weighted by Gasteiger charge is -2.41. The monoisotopic (exact) mass is 306 g/mol. The number of aliphatic hydroxyl groups is 1. The van der Waals surface area contributed by atoms with Gasteiger partial charge in [-0.1, -0.05) is 39.0 Å². The molecule has 0 saturated heterocycles. The maximum absolute atomic E-state index is 9.93. The van der Waals surface area contributed by atoms with Crippen LogP contribution in [-0.2, 0) is 0 Å². The Labute approximate surface area is 138 Å². The van der Waals surface area contributed by atoms with Gasteiger partial charge < -0.3 is 5.11 Å². The molecule has 0 aromatic carbocycles. The van der Waals surface area contributed by atoms with Crippen LogP contribution in [0.1, 0.15) is 96.8 Å². The summed E-state index contributed by atoms with van der Waals surface area (Å²) >= 11 is 0. The second-order valence-electron chi connectivity index (χ2n) is 8.82. The molecule has 0 heterocycles. The molecule has 3 aliphatic carbocycles. The van der Waals surface area contributed by atoms with Gasteiger partial charge in [-0.15, -0.1) is 0 Å². The highest BCUT2D eigenvalue weighted by Crippen LogP contribution is 2.45. The third-order valence-electron chi connectivity index (χ3n) is 7.43. The summed E-state index contributed by atoms with van der Waals surface area (Å²) in [5.41, 5.74) is 0. The molecular weight excluding hydrogens is 268 g/mol. The maximum atomic E-state index is 9.93. The van der Waals surface area contributed by atoms with E-state index in [-0.39, 0.29) is 6.10 Å². The van der Waals surface area contributed by atoms with Crippen LogP contribution in [0, 0.1) is 29.6 Å². The first-order chi connectivity index (χ1) is 10.8. The summed E-state index contributed by atoms with van der Waals surface area (Å²) < 4.78 is 0. The predicted molar refractivity (Wildman–Crippen MR) is 93.8 cm³/mol. The van der Waals surface area contributed by atoms with Crippen molar-refractivity contribution in [3.8, 4) is 0 Å². The van der Waals surface area contributed by atoms with Gasteiger partial charge in [-0.2, -0.15) is 0 Å². The first-order valence-corrected chi connectivity index (χ1v) is 10.4. The molecule has 0 amide bonds. The molecule has 0 aliphatic heterocycles. The molecule has 0 bridgehead atoms. The molecule has 1 nitrogen and oxygen atoms in total. The van der Waals surface area contributed by atoms with Gasteiger partial charge in [-0.05, 0) is 87.4 Å². The zero-order chi connectivity index (χ0) is 15.4. The van der Waals surface area contributed by atoms with Crippen molar-refractivity contribution in [3.63, 3.8) is 0 Å². The highest BCUT2D eigenvalue weighted by atomic mass is 16.3. The molecule has 0 spiro atoms. The van der Waals surface area contributed by atoms with Crippen LogP contribution in [0.4, 0.5) is 0 Å². The van der Waals surface area contributed by atoms with Gasteiger partial charge in [0.05, 0.1) is 6.10 Å². The quantitative estimate of drug-likeness (QED) is 0.680. The predicted octanol–water partition coefficient (Wildman–Crippen LogP) is 5.95. The third kappa shape index (κ3) is 4.28. The Balaban J connectivity index is 1.40. The van der Waals surface area contributed by atoms with Gasteiger partial charge in [0.25, 0.3) is 0 Å². The van der Waals surface area contributed by atoms with Gasteiger partial charge in [-0.25, -0.2) is 0 Å². The van der Waals surface area contributed by atoms with E-state index in [1.165, 1.54) is 77.0 Å². The van der Waals surface area contributed by atoms with Crippen LogP contribution in [0.15, 0.2) is 0 Å². The van der Waals surface area contributed by atoms with Gasteiger partial charge in [0.15, 0.2) is 0 Å². The van der Waals surface area contributed by atoms with E-state index in [2.05, 4.69) is 6.92 Å². The number of hydrogen-bond acceptors (Lipinski definition) is 1. The summed E-state index contributed by atoms with van der Waals surface area (Å²) in [5, 5.41) is 9.93. The minimum atomic E-state index is 0.0188. The molecule has 3 saturated carbocycles. The average molecular weight is 307 g/mol. The summed E-state index contributed by atoms with van der Waals surface area (Å²) in [5.74, 6) is 4.97. The zero-order valence-electron chi connectivity index (χ0n) is 14.8. The van der Waals surface area contributed by atoms with Gasteiger partial charge >= 0.3 is 0 Å². The molecule has 1 heteroatoms. The van der Waals surface area contributed by atoms with Crippen molar-refractivity contribution in [1.82, 2.24) is 0 Å². The van der Waals surface area contributed by atoms with Crippen molar-refractivity contribution in [3.05, 3.63) is 0 Å². The first-order valence-electron chi connectivity index (χ1n) is 10.4. The Hall–Kier alpha value is -0.0400. The minimum absolute atomic E-state index is 0.0188. The van der Waals surface area contributed by atoms with Crippen LogP contribution >= 0.6 is 0 Å². The van der Waals surface area contributed by atoms with E-state index in [1.54, 1.807) is 0 Å². The summed E-state index contributed by atoms with van der Waals surface area (Å²) in [7, 11) is 0. The Morgan fingerprint density at radius 3 is 1.77 bits per heavy atom. The van der Waals surface area contributed by atoms with Crippen molar-refractivity contribution < 1.29 is 5.11 Å². The van der Waals surface area contributed by atoms with Crippen LogP contribution in [0.2, 0.25) is 0 Å². The van der Waals surface area contributed by atoms with Crippen molar-refractivity contribution in [2.75, 3.05) is 0 Å². The summed E-state index contributed by atoms with van der Waals surface area (Å²) in [6.07, 6.45) is 19.8. The fraction of sp³-hybridized carbons (Fsp3) is 1.00. The molecule has 0 aromatic rings. The molecular formula is C21H38O. The molecule has 1 N–H and O–H groups in total. The third-order valence-corrected chi connectivity index (χ3v) is 7.43. The second-order valence-corrected chi connectivity index (χ2v) is 8.82. The summed E-state index contributed by atoms with van der Waals surface area (Å²) in [6, 6.07) is 0. The number of hydrogen-bond donors (Lipinski definition) is 1. The molecule has 0 unspecified atom stereocenters. The topological polar surface area (TPSA) is 20.2 Å². The Bertz CT molecular complexity index is 310. The van der Waals surface area contributed by atoms with E-state index in [9.17, 15) is 5.11 Å². The second kappa shape index (κ2) is 8.18. The highest BCUT2D eigenvalue weighted by Gasteiger charge is 2.34. The molecule has 2 atom stereocenters. The average Bonchev–Trinajstić information content (AvgIpc) is 2.56. The minimum Gasteiger partial charge on any atom is -0.393 e. The standard InChI is InChI=1S/C21H38O/c1-2-4-16-7-9-17(10-8-16)18-11-13-19(14-12-18)20-5-3-6-21(22)15-20/h16-22H,2-15H2,1H3/t16-,17-,18?,19?,20-,21+/m0/s1. The van der Waals surface area contributed by atoms with Crippen molar-refractivity contribution in [2.45, 2.75) is 103 Å². The number of rotatable bonds is 4.